The predicted molar refractivity (Wildman–Crippen MR) is 140 cm³/mol. The van der Waals surface area contributed by atoms with Crippen LogP contribution in [0.15, 0.2) is 18.3 Å². The Bertz CT molecular complexity index is 889. The number of ether oxygens (including phenoxy) is 2. The van der Waals surface area contributed by atoms with Crippen LogP contribution in [0.3, 0.4) is 0 Å². The van der Waals surface area contributed by atoms with Crippen molar-refractivity contribution in [3.05, 3.63) is 24.0 Å². The summed E-state index contributed by atoms with van der Waals surface area (Å²) in [4.78, 5) is 18.8. The standard InChI is InChI=1S/C24H42N4O3Si2/c1-32(2,3)15-13-30-18-27(19-31-14-16-33(4,5)6)24-17-22(20-7-9-21(29)10-8-20)26-23-11-12-25-28(23)24/h11-12,17,20H,7-10,13-16,18-19H2,1-6H3. The summed E-state index contributed by atoms with van der Waals surface area (Å²) < 4.78 is 14.1. The molecule has 1 saturated carbocycles. The molecule has 2 aromatic rings. The first-order chi connectivity index (χ1) is 15.5. The van der Waals surface area contributed by atoms with Crippen molar-refractivity contribution in [1.82, 2.24) is 14.6 Å². The van der Waals surface area contributed by atoms with Crippen LogP contribution in [-0.2, 0) is 14.3 Å². The molecule has 0 spiro atoms. The van der Waals surface area contributed by atoms with Crippen LogP contribution in [-0.4, -0.2) is 63.2 Å². The van der Waals surface area contributed by atoms with Gasteiger partial charge in [0.2, 0.25) is 0 Å². The third-order valence-electron chi connectivity index (χ3n) is 6.13. The maximum absolute atomic E-state index is 11.8. The Morgan fingerprint density at radius 2 is 1.58 bits per heavy atom. The van der Waals surface area contributed by atoms with Gasteiger partial charge in [0.1, 0.15) is 25.1 Å². The molecule has 0 N–H and O–H groups in total. The summed E-state index contributed by atoms with van der Waals surface area (Å²) in [5.41, 5.74) is 1.87. The van der Waals surface area contributed by atoms with Crippen molar-refractivity contribution in [2.75, 3.05) is 31.6 Å². The van der Waals surface area contributed by atoms with Crippen LogP contribution in [0.5, 0.6) is 0 Å². The fourth-order valence-corrected chi connectivity index (χ4v) is 5.37. The van der Waals surface area contributed by atoms with Crippen molar-refractivity contribution in [1.29, 1.82) is 0 Å². The molecule has 0 amide bonds. The number of rotatable bonds is 12. The fraction of sp³-hybridized carbons (Fsp3) is 0.708. The van der Waals surface area contributed by atoms with Crippen LogP contribution in [0.4, 0.5) is 5.82 Å². The van der Waals surface area contributed by atoms with Crippen molar-refractivity contribution in [3.8, 4) is 0 Å². The smallest absolute Gasteiger partial charge is 0.157 e. The average molecular weight is 491 g/mol. The van der Waals surface area contributed by atoms with E-state index in [1.54, 1.807) is 6.20 Å². The molecule has 33 heavy (non-hydrogen) atoms. The summed E-state index contributed by atoms with van der Waals surface area (Å²) in [5.74, 6) is 1.62. The molecule has 0 bridgehead atoms. The molecule has 2 aromatic heterocycles. The van der Waals surface area contributed by atoms with E-state index < -0.39 is 16.1 Å². The lowest BCUT2D eigenvalue weighted by atomic mass is 9.86. The molecule has 7 nitrogen and oxygen atoms in total. The van der Waals surface area contributed by atoms with Crippen molar-refractivity contribution < 1.29 is 14.3 Å². The van der Waals surface area contributed by atoms with Gasteiger partial charge in [0, 0.05) is 65.9 Å². The number of fused-ring (bicyclic) bond motifs is 1. The predicted octanol–water partition coefficient (Wildman–Crippen LogP) is 5.39. The van der Waals surface area contributed by atoms with Crippen LogP contribution >= 0.6 is 0 Å². The van der Waals surface area contributed by atoms with E-state index in [0.717, 1.165) is 55.3 Å². The lowest BCUT2D eigenvalue weighted by Crippen LogP contribution is -2.33. The molecule has 0 saturated heterocycles. The number of anilines is 1. The summed E-state index contributed by atoms with van der Waals surface area (Å²) in [6.07, 6.45) is 4.82. The summed E-state index contributed by atoms with van der Waals surface area (Å²) in [6.45, 7) is 16.6. The second-order valence-corrected chi connectivity index (χ2v) is 22.9. The molecule has 1 fully saturated rings. The highest BCUT2D eigenvalue weighted by atomic mass is 28.3. The third-order valence-corrected chi connectivity index (χ3v) is 9.54. The van der Waals surface area contributed by atoms with Gasteiger partial charge in [0.25, 0.3) is 0 Å². The number of ketones is 1. The van der Waals surface area contributed by atoms with Gasteiger partial charge in [-0.25, -0.2) is 4.98 Å². The maximum Gasteiger partial charge on any atom is 0.157 e. The second kappa shape index (κ2) is 11.2. The molecular formula is C24H42N4O3Si2. The van der Waals surface area contributed by atoms with Crippen LogP contribution in [0.25, 0.3) is 5.65 Å². The highest BCUT2D eigenvalue weighted by Crippen LogP contribution is 2.32. The first kappa shape index (κ1) is 26.1. The van der Waals surface area contributed by atoms with E-state index >= 15 is 0 Å². The summed E-state index contributed by atoms with van der Waals surface area (Å²) in [5, 5.41) is 4.53. The van der Waals surface area contributed by atoms with Crippen LogP contribution in [0, 0.1) is 0 Å². The Balaban J connectivity index is 1.79. The Kier molecular flexibility index (Phi) is 8.88. The number of nitrogens with zero attached hydrogens (tertiary/aromatic N) is 4. The van der Waals surface area contributed by atoms with Crippen molar-refractivity contribution in [3.63, 3.8) is 0 Å². The first-order valence-corrected chi connectivity index (χ1v) is 19.7. The average Bonchev–Trinajstić information content (AvgIpc) is 3.20. The largest absolute Gasteiger partial charge is 0.361 e. The number of aromatic nitrogens is 3. The highest BCUT2D eigenvalue weighted by molar-refractivity contribution is 6.76. The molecule has 1 aliphatic carbocycles. The van der Waals surface area contributed by atoms with E-state index in [4.69, 9.17) is 14.5 Å². The van der Waals surface area contributed by atoms with Crippen molar-refractivity contribution in [2.24, 2.45) is 0 Å². The van der Waals surface area contributed by atoms with Crippen LogP contribution < -0.4 is 4.90 Å². The zero-order chi connectivity index (χ0) is 24.1. The van der Waals surface area contributed by atoms with Gasteiger partial charge in [0.15, 0.2) is 5.65 Å². The summed E-state index contributed by atoms with van der Waals surface area (Å²) in [7, 11) is -2.31. The first-order valence-electron chi connectivity index (χ1n) is 12.3. The van der Waals surface area contributed by atoms with E-state index in [0.29, 0.717) is 38.0 Å². The highest BCUT2D eigenvalue weighted by Gasteiger charge is 2.24. The quantitative estimate of drug-likeness (QED) is 0.226. The van der Waals surface area contributed by atoms with E-state index in [1.807, 2.05) is 10.6 Å². The molecule has 1 aliphatic rings. The summed E-state index contributed by atoms with van der Waals surface area (Å²) in [6, 6.07) is 6.33. The number of Topliss-reactive ketones (excluding diaryl/α,β-unsaturated/α-hetero) is 1. The van der Waals surface area contributed by atoms with Gasteiger partial charge in [-0.1, -0.05) is 39.3 Å². The van der Waals surface area contributed by atoms with Gasteiger partial charge >= 0.3 is 0 Å². The van der Waals surface area contributed by atoms with Gasteiger partial charge in [0.05, 0.1) is 6.20 Å². The topological polar surface area (TPSA) is 69.0 Å². The minimum Gasteiger partial charge on any atom is -0.361 e. The number of carbonyl (C=O) groups excluding carboxylic acids is 1. The fourth-order valence-electron chi connectivity index (χ4n) is 3.86. The molecule has 0 aliphatic heterocycles. The molecule has 9 heteroatoms. The second-order valence-electron chi connectivity index (χ2n) is 11.7. The molecule has 0 unspecified atom stereocenters. The Labute approximate surface area is 200 Å². The molecule has 2 heterocycles. The maximum atomic E-state index is 11.8. The van der Waals surface area contributed by atoms with E-state index in [1.165, 1.54) is 0 Å². The van der Waals surface area contributed by atoms with E-state index in [2.05, 4.69) is 55.3 Å². The zero-order valence-corrected chi connectivity index (χ0v) is 23.4. The van der Waals surface area contributed by atoms with E-state index in [-0.39, 0.29) is 0 Å². The van der Waals surface area contributed by atoms with Gasteiger partial charge in [-0.15, -0.1) is 0 Å². The lowest BCUT2D eigenvalue weighted by Gasteiger charge is -2.28. The number of hydrogen-bond donors (Lipinski definition) is 0. The zero-order valence-electron chi connectivity index (χ0n) is 21.4. The molecular weight excluding hydrogens is 448 g/mol. The molecule has 0 atom stereocenters. The van der Waals surface area contributed by atoms with Gasteiger partial charge in [-0.05, 0) is 24.9 Å². The number of carbonyl (C=O) groups is 1. The Morgan fingerprint density at radius 1 is 1.00 bits per heavy atom. The van der Waals surface area contributed by atoms with Crippen molar-refractivity contribution >= 4 is 33.4 Å². The summed E-state index contributed by atoms with van der Waals surface area (Å²) >= 11 is 0. The molecule has 3 rings (SSSR count). The third kappa shape index (κ3) is 8.31. The molecule has 184 valence electrons. The van der Waals surface area contributed by atoms with Gasteiger partial charge in [-0.2, -0.15) is 9.61 Å². The Morgan fingerprint density at radius 3 is 2.12 bits per heavy atom. The SMILES string of the molecule is C[Si](C)(C)CCOCN(COCC[Si](C)(C)C)c1cc(C2CCC(=O)CC2)nc2ccnn12. The van der Waals surface area contributed by atoms with Crippen LogP contribution in [0.2, 0.25) is 51.4 Å². The number of hydrogen-bond acceptors (Lipinski definition) is 6. The van der Waals surface area contributed by atoms with Gasteiger partial charge in [-0.3, -0.25) is 4.79 Å². The molecule has 0 radical (unpaired) electrons. The minimum absolute atomic E-state index is 0.309. The van der Waals surface area contributed by atoms with Gasteiger partial charge < -0.3 is 14.4 Å². The van der Waals surface area contributed by atoms with Crippen LogP contribution in [0.1, 0.15) is 37.3 Å². The normalized spacial score (nSPS) is 16.0. The minimum atomic E-state index is -1.16. The Hall–Kier alpha value is -1.56. The lowest BCUT2D eigenvalue weighted by molar-refractivity contribution is -0.120. The van der Waals surface area contributed by atoms with Crippen molar-refractivity contribution in [2.45, 2.75) is 83.0 Å². The van der Waals surface area contributed by atoms with E-state index in [9.17, 15) is 4.79 Å². The molecule has 0 aromatic carbocycles. The monoisotopic (exact) mass is 490 g/mol.